The molecule has 0 aliphatic carbocycles. The Balaban J connectivity index is 2.28. The lowest BCUT2D eigenvalue weighted by Gasteiger charge is -2.10. The molecule has 0 spiro atoms. The Labute approximate surface area is 107 Å². The Morgan fingerprint density at radius 1 is 1.11 bits per heavy atom. The van der Waals surface area contributed by atoms with Crippen LogP contribution in [-0.2, 0) is 9.59 Å². The molecule has 2 amide bonds. The van der Waals surface area contributed by atoms with Gasteiger partial charge in [0.1, 0.15) is 0 Å². The number of para-hydroxylation sites is 1. The highest BCUT2D eigenvalue weighted by Crippen LogP contribution is 2.27. The number of hydrogen-bond donors (Lipinski definition) is 0. The van der Waals surface area contributed by atoms with E-state index in [9.17, 15) is 14.4 Å². The van der Waals surface area contributed by atoms with Gasteiger partial charge in [0, 0.05) is 24.5 Å². The van der Waals surface area contributed by atoms with Gasteiger partial charge in [-0.05, 0) is 12.1 Å². The van der Waals surface area contributed by atoms with Crippen molar-refractivity contribution in [2.45, 2.75) is 6.92 Å². The maximum Gasteiger partial charge on any atom is 0.259 e. The molecule has 0 atom stereocenters. The van der Waals surface area contributed by atoms with Gasteiger partial charge in [0.15, 0.2) is 5.82 Å². The molecule has 0 radical (unpaired) electrons. The number of hydrogen-bond acceptors (Lipinski definition) is 4. The van der Waals surface area contributed by atoms with Crippen LogP contribution in [0.4, 0.5) is 5.82 Å². The molecule has 1 aromatic carbocycles. The molecule has 6 heteroatoms. The third-order valence-electron chi connectivity index (χ3n) is 2.89. The molecule has 3 rings (SSSR count). The quantitative estimate of drug-likeness (QED) is 0.716. The van der Waals surface area contributed by atoms with Gasteiger partial charge >= 0.3 is 0 Å². The number of carbonyl (C=O) groups excluding carboxylic acids is 3. The first-order valence-corrected chi connectivity index (χ1v) is 5.64. The fourth-order valence-electron chi connectivity index (χ4n) is 2.06. The number of amides is 2. The van der Waals surface area contributed by atoms with Crippen molar-refractivity contribution >= 4 is 34.4 Å². The van der Waals surface area contributed by atoms with Gasteiger partial charge in [0.2, 0.25) is 5.91 Å². The number of aromatic nitrogens is 2. The van der Waals surface area contributed by atoms with Crippen molar-refractivity contribution in [1.29, 1.82) is 0 Å². The van der Waals surface area contributed by atoms with Gasteiger partial charge in [0.25, 0.3) is 11.8 Å². The summed E-state index contributed by atoms with van der Waals surface area (Å²) in [5.74, 6) is -1.01. The third-order valence-corrected chi connectivity index (χ3v) is 2.89. The molecule has 0 saturated carbocycles. The summed E-state index contributed by atoms with van der Waals surface area (Å²) in [6.07, 6.45) is 2.37. The van der Waals surface area contributed by atoms with Crippen LogP contribution in [-0.4, -0.2) is 27.5 Å². The fraction of sp³-hybridized carbons (Fsp3) is 0.0769. The summed E-state index contributed by atoms with van der Waals surface area (Å²) in [7, 11) is 0. The maximum absolute atomic E-state index is 11.7. The van der Waals surface area contributed by atoms with Gasteiger partial charge in [0.05, 0.1) is 5.52 Å². The highest BCUT2D eigenvalue weighted by molar-refractivity contribution is 6.29. The van der Waals surface area contributed by atoms with E-state index in [0.29, 0.717) is 10.9 Å². The predicted molar refractivity (Wildman–Crippen MR) is 67.7 cm³/mol. The summed E-state index contributed by atoms with van der Waals surface area (Å²) in [6.45, 7) is 1.37. The zero-order chi connectivity index (χ0) is 13.6. The van der Waals surface area contributed by atoms with Crippen molar-refractivity contribution in [1.82, 2.24) is 9.78 Å². The lowest BCUT2D eigenvalue weighted by molar-refractivity contribution is -0.120. The van der Waals surface area contributed by atoms with Crippen molar-refractivity contribution in [3.63, 3.8) is 0 Å². The van der Waals surface area contributed by atoms with Crippen LogP contribution in [0.1, 0.15) is 11.7 Å². The van der Waals surface area contributed by atoms with Crippen molar-refractivity contribution < 1.29 is 14.4 Å². The Bertz CT molecular complexity index is 740. The van der Waals surface area contributed by atoms with Crippen molar-refractivity contribution in [2.24, 2.45) is 0 Å². The summed E-state index contributed by atoms with van der Waals surface area (Å²) in [4.78, 5) is 35.9. The van der Waals surface area contributed by atoms with Crippen molar-refractivity contribution in [2.75, 3.05) is 4.90 Å². The second kappa shape index (κ2) is 3.88. The number of benzene rings is 1. The lowest BCUT2D eigenvalue weighted by atomic mass is 10.2. The Kier molecular flexibility index (Phi) is 2.31. The molecule has 0 N–H and O–H groups in total. The van der Waals surface area contributed by atoms with Crippen LogP contribution in [0.25, 0.3) is 10.9 Å². The molecule has 0 fully saturated rings. The molecule has 0 bridgehead atoms. The normalized spacial score (nSPS) is 14.7. The molecule has 6 nitrogen and oxygen atoms in total. The number of rotatable bonds is 1. The Morgan fingerprint density at radius 2 is 1.74 bits per heavy atom. The molecular weight excluding hydrogens is 246 g/mol. The van der Waals surface area contributed by atoms with E-state index in [4.69, 9.17) is 0 Å². The molecule has 1 aliphatic rings. The average Bonchev–Trinajstić information content (AvgIpc) is 2.91. The minimum Gasteiger partial charge on any atom is -0.273 e. The van der Waals surface area contributed by atoms with Crippen LogP contribution < -0.4 is 4.90 Å². The Morgan fingerprint density at radius 3 is 2.37 bits per heavy atom. The predicted octanol–water partition coefficient (Wildman–Crippen LogP) is 1.13. The highest BCUT2D eigenvalue weighted by atomic mass is 16.2. The second-order valence-corrected chi connectivity index (χ2v) is 4.12. The first-order chi connectivity index (χ1) is 9.09. The number of nitrogens with zero attached hydrogens (tertiary/aromatic N) is 3. The van der Waals surface area contributed by atoms with Gasteiger partial charge in [-0.3, -0.25) is 14.4 Å². The minimum atomic E-state index is -0.455. The van der Waals surface area contributed by atoms with Crippen LogP contribution in [0.15, 0.2) is 36.4 Å². The fourth-order valence-corrected chi connectivity index (χ4v) is 2.06. The topological polar surface area (TPSA) is 72.3 Å². The van der Waals surface area contributed by atoms with Crippen LogP contribution in [0, 0.1) is 0 Å². The molecule has 94 valence electrons. The third kappa shape index (κ3) is 1.57. The Hall–Kier alpha value is -2.76. The number of anilines is 1. The monoisotopic (exact) mass is 255 g/mol. The maximum atomic E-state index is 11.7. The molecule has 1 aliphatic heterocycles. The van der Waals surface area contributed by atoms with Crippen molar-refractivity contribution in [3.05, 3.63) is 36.4 Å². The van der Waals surface area contributed by atoms with Gasteiger partial charge in [-0.15, -0.1) is 5.10 Å². The highest BCUT2D eigenvalue weighted by Gasteiger charge is 2.30. The van der Waals surface area contributed by atoms with E-state index in [1.165, 1.54) is 23.8 Å². The van der Waals surface area contributed by atoms with Gasteiger partial charge in [-0.25, -0.2) is 4.90 Å². The average molecular weight is 255 g/mol. The zero-order valence-electron chi connectivity index (χ0n) is 10.0. The van der Waals surface area contributed by atoms with Crippen LogP contribution >= 0.6 is 0 Å². The first kappa shape index (κ1) is 11.3. The van der Waals surface area contributed by atoms with E-state index in [1.54, 1.807) is 24.3 Å². The molecule has 2 aromatic rings. The van der Waals surface area contributed by atoms with Crippen LogP contribution in [0.5, 0.6) is 0 Å². The summed E-state index contributed by atoms with van der Waals surface area (Å²) >= 11 is 0. The van der Waals surface area contributed by atoms with Gasteiger partial charge in [-0.2, -0.15) is 4.68 Å². The molecular formula is C13H9N3O3. The van der Waals surface area contributed by atoms with E-state index >= 15 is 0 Å². The van der Waals surface area contributed by atoms with E-state index in [0.717, 1.165) is 4.90 Å². The number of fused-ring (bicyclic) bond motifs is 1. The molecule has 0 saturated heterocycles. The van der Waals surface area contributed by atoms with Crippen molar-refractivity contribution in [3.8, 4) is 0 Å². The largest absolute Gasteiger partial charge is 0.273 e. The minimum absolute atomic E-state index is 0.186. The lowest BCUT2D eigenvalue weighted by Crippen LogP contribution is -2.30. The van der Waals surface area contributed by atoms with Crippen LogP contribution in [0.2, 0.25) is 0 Å². The first-order valence-electron chi connectivity index (χ1n) is 5.64. The van der Waals surface area contributed by atoms with E-state index in [1.807, 2.05) is 0 Å². The molecule has 19 heavy (non-hydrogen) atoms. The smallest absolute Gasteiger partial charge is 0.259 e. The summed E-state index contributed by atoms with van der Waals surface area (Å²) in [6, 6.07) is 6.96. The second-order valence-electron chi connectivity index (χ2n) is 4.12. The summed E-state index contributed by atoms with van der Waals surface area (Å²) in [5.41, 5.74) is 0.567. The molecule has 0 unspecified atom stereocenters. The summed E-state index contributed by atoms with van der Waals surface area (Å²) in [5, 5.41) is 4.67. The SMILES string of the molecule is CC(=O)n1nc(N2C(=O)C=CC2=O)c2ccccc21. The standard InChI is InChI=1S/C13H9N3O3/c1-8(17)16-10-5-3-2-4-9(10)13(14-16)15-11(18)6-7-12(15)19/h2-7H,1H3. The summed E-state index contributed by atoms with van der Waals surface area (Å²) < 4.78 is 1.18. The van der Waals surface area contributed by atoms with E-state index in [2.05, 4.69) is 5.10 Å². The van der Waals surface area contributed by atoms with E-state index < -0.39 is 11.8 Å². The number of carbonyl (C=O) groups is 3. The molecule has 2 heterocycles. The molecule has 1 aromatic heterocycles. The van der Waals surface area contributed by atoms with Gasteiger partial charge < -0.3 is 0 Å². The van der Waals surface area contributed by atoms with E-state index in [-0.39, 0.29) is 11.7 Å². The van der Waals surface area contributed by atoms with Gasteiger partial charge in [-0.1, -0.05) is 12.1 Å². The van der Waals surface area contributed by atoms with Crippen LogP contribution in [0.3, 0.4) is 0 Å². The zero-order valence-corrected chi connectivity index (χ0v) is 10.0. The number of imide groups is 1.